The molecular weight excluding hydrogens is 224 g/mol. The highest BCUT2D eigenvalue weighted by molar-refractivity contribution is 5.53. The molecule has 0 amide bonds. The number of ether oxygens (including phenoxy) is 1. The van der Waals surface area contributed by atoms with Crippen molar-refractivity contribution in [3.63, 3.8) is 0 Å². The van der Waals surface area contributed by atoms with Crippen LogP contribution in [0.15, 0.2) is 24.3 Å². The standard InChI is InChI=1S/C15H24N2O/c1-13-6-2-3-8-15(13)17(10-5-9-16)12-14-7-4-11-18-14/h2-3,6,8,14H,4-5,7,9-12,16H2,1H3. The van der Waals surface area contributed by atoms with Crippen molar-refractivity contribution in [3.05, 3.63) is 29.8 Å². The van der Waals surface area contributed by atoms with Crippen LogP contribution in [-0.2, 0) is 4.74 Å². The number of nitrogens with two attached hydrogens (primary N) is 1. The Bertz CT molecular complexity index is 361. The van der Waals surface area contributed by atoms with Gasteiger partial charge >= 0.3 is 0 Å². The largest absolute Gasteiger partial charge is 0.376 e. The van der Waals surface area contributed by atoms with E-state index in [-0.39, 0.29) is 0 Å². The van der Waals surface area contributed by atoms with E-state index in [1.165, 1.54) is 24.1 Å². The normalized spacial score (nSPS) is 19.1. The summed E-state index contributed by atoms with van der Waals surface area (Å²) >= 11 is 0. The van der Waals surface area contributed by atoms with E-state index in [2.05, 4.69) is 36.1 Å². The second kappa shape index (κ2) is 6.76. The zero-order valence-corrected chi connectivity index (χ0v) is 11.3. The number of hydrogen-bond donors (Lipinski definition) is 1. The molecule has 0 saturated carbocycles. The van der Waals surface area contributed by atoms with Gasteiger partial charge in [-0.2, -0.15) is 0 Å². The van der Waals surface area contributed by atoms with E-state index in [1.807, 2.05) is 0 Å². The van der Waals surface area contributed by atoms with Crippen molar-refractivity contribution in [2.24, 2.45) is 5.73 Å². The summed E-state index contributed by atoms with van der Waals surface area (Å²) in [5.74, 6) is 0. The number of nitrogens with zero attached hydrogens (tertiary/aromatic N) is 1. The summed E-state index contributed by atoms with van der Waals surface area (Å²) in [6.07, 6.45) is 3.80. The van der Waals surface area contributed by atoms with E-state index in [1.54, 1.807) is 0 Å². The van der Waals surface area contributed by atoms with Crippen LogP contribution in [0.3, 0.4) is 0 Å². The van der Waals surface area contributed by atoms with E-state index in [9.17, 15) is 0 Å². The van der Waals surface area contributed by atoms with Crippen molar-refractivity contribution in [1.82, 2.24) is 0 Å². The minimum Gasteiger partial charge on any atom is -0.376 e. The second-order valence-electron chi connectivity index (χ2n) is 5.01. The van der Waals surface area contributed by atoms with Gasteiger partial charge in [-0.25, -0.2) is 0 Å². The molecule has 3 heteroatoms. The van der Waals surface area contributed by atoms with E-state index in [0.717, 1.165) is 32.7 Å². The van der Waals surface area contributed by atoms with Gasteiger partial charge in [0.25, 0.3) is 0 Å². The van der Waals surface area contributed by atoms with Crippen LogP contribution in [0.4, 0.5) is 5.69 Å². The van der Waals surface area contributed by atoms with Crippen LogP contribution < -0.4 is 10.6 Å². The summed E-state index contributed by atoms with van der Waals surface area (Å²) < 4.78 is 5.75. The van der Waals surface area contributed by atoms with Gasteiger partial charge in [0, 0.05) is 25.4 Å². The maximum atomic E-state index is 5.75. The van der Waals surface area contributed by atoms with Gasteiger partial charge < -0.3 is 15.4 Å². The Morgan fingerprint density at radius 1 is 1.39 bits per heavy atom. The Morgan fingerprint density at radius 3 is 2.89 bits per heavy atom. The molecule has 3 nitrogen and oxygen atoms in total. The Balaban J connectivity index is 2.06. The fourth-order valence-corrected chi connectivity index (χ4v) is 2.54. The molecule has 2 N–H and O–H groups in total. The molecule has 18 heavy (non-hydrogen) atoms. The second-order valence-corrected chi connectivity index (χ2v) is 5.01. The molecule has 1 saturated heterocycles. The molecule has 1 atom stereocenters. The first-order valence-electron chi connectivity index (χ1n) is 6.93. The van der Waals surface area contributed by atoms with Crippen molar-refractivity contribution >= 4 is 5.69 Å². The average Bonchev–Trinajstić information content (AvgIpc) is 2.88. The summed E-state index contributed by atoms with van der Waals surface area (Å²) in [5.41, 5.74) is 8.29. The first kappa shape index (κ1) is 13.4. The third kappa shape index (κ3) is 3.47. The van der Waals surface area contributed by atoms with Crippen LogP contribution in [0.5, 0.6) is 0 Å². The first-order chi connectivity index (χ1) is 8.81. The summed E-state index contributed by atoms with van der Waals surface area (Å²) in [5, 5.41) is 0. The minimum absolute atomic E-state index is 0.391. The van der Waals surface area contributed by atoms with Crippen LogP contribution in [0.25, 0.3) is 0 Å². The molecule has 1 aromatic rings. The molecule has 1 aliphatic heterocycles. The van der Waals surface area contributed by atoms with Gasteiger partial charge in [0.2, 0.25) is 0 Å². The zero-order valence-electron chi connectivity index (χ0n) is 11.3. The molecule has 100 valence electrons. The Morgan fingerprint density at radius 2 is 2.22 bits per heavy atom. The van der Waals surface area contributed by atoms with Gasteiger partial charge in [0.05, 0.1) is 6.10 Å². The fraction of sp³-hybridized carbons (Fsp3) is 0.600. The van der Waals surface area contributed by atoms with E-state index in [0.29, 0.717) is 6.10 Å². The van der Waals surface area contributed by atoms with E-state index >= 15 is 0 Å². The fourth-order valence-electron chi connectivity index (χ4n) is 2.54. The lowest BCUT2D eigenvalue weighted by Gasteiger charge is -2.28. The van der Waals surface area contributed by atoms with E-state index in [4.69, 9.17) is 10.5 Å². The lowest BCUT2D eigenvalue weighted by atomic mass is 10.1. The lowest BCUT2D eigenvalue weighted by Crippen LogP contribution is -2.34. The monoisotopic (exact) mass is 248 g/mol. The van der Waals surface area contributed by atoms with Crippen LogP contribution in [0, 0.1) is 6.92 Å². The number of anilines is 1. The lowest BCUT2D eigenvalue weighted by molar-refractivity contribution is 0.115. The molecule has 1 fully saturated rings. The van der Waals surface area contributed by atoms with Crippen LogP contribution in [-0.4, -0.2) is 32.3 Å². The third-order valence-electron chi connectivity index (χ3n) is 3.54. The molecule has 1 heterocycles. The number of para-hydroxylation sites is 1. The molecule has 2 rings (SSSR count). The Hall–Kier alpha value is -1.06. The number of hydrogen-bond acceptors (Lipinski definition) is 3. The maximum absolute atomic E-state index is 5.75. The Kier molecular flexibility index (Phi) is 5.02. The molecular formula is C15H24N2O. The highest BCUT2D eigenvalue weighted by atomic mass is 16.5. The quantitative estimate of drug-likeness (QED) is 0.839. The average molecular weight is 248 g/mol. The van der Waals surface area contributed by atoms with Crippen molar-refractivity contribution in [3.8, 4) is 0 Å². The van der Waals surface area contributed by atoms with E-state index < -0.39 is 0 Å². The summed E-state index contributed by atoms with van der Waals surface area (Å²) in [7, 11) is 0. The number of aryl methyl sites for hydroxylation is 1. The molecule has 1 aromatic carbocycles. The predicted molar refractivity (Wildman–Crippen MR) is 76.0 cm³/mol. The topological polar surface area (TPSA) is 38.5 Å². The van der Waals surface area contributed by atoms with Gasteiger partial charge in [0.15, 0.2) is 0 Å². The molecule has 0 bridgehead atoms. The van der Waals surface area contributed by atoms with Crippen molar-refractivity contribution < 1.29 is 4.74 Å². The van der Waals surface area contributed by atoms with Gasteiger partial charge in [-0.05, 0) is 44.4 Å². The molecule has 1 unspecified atom stereocenters. The smallest absolute Gasteiger partial charge is 0.0750 e. The third-order valence-corrected chi connectivity index (χ3v) is 3.54. The molecule has 1 aliphatic rings. The molecule has 0 radical (unpaired) electrons. The van der Waals surface area contributed by atoms with Gasteiger partial charge in [-0.3, -0.25) is 0 Å². The molecule has 0 spiro atoms. The zero-order chi connectivity index (χ0) is 12.8. The Labute approximate surface area is 110 Å². The predicted octanol–water partition coefficient (Wildman–Crippen LogP) is 2.33. The minimum atomic E-state index is 0.391. The van der Waals surface area contributed by atoms with Gasteiger partial charge in [-0.1, -0.05) is 18.2 Å². The first-order valence-corrected chi connectivity index (χ1v) is 6.93. The van der Waals surface area contributed by atoms with Crippen molar-refractivity contribution in [2.45, 2.75) is 32.3 Å². The van der Waals surface area contributed by atoms with Crippen molar-refractivity contribution in [2.75, 3.05) is 31.1 Å². The SMILES string of the molecule is Cc1ccccc1N(CCCN)CC1CCCO1. The van der Waals surface area contributed by atoms with Crippen LogP contribution in [0.1, 0.15) is 24.8 Å². The summed E-state index contributed by atoms with van der Waals surface area (Å²) in [6, 6.07) is 8.56. The molecule has 0 aliphatic carbocycles. The number of rotatable bonds is 6. The van der Waals surface area contributed by atoms with Gasteiger partial charge in [0.1, 0.15) is 0 Å². The number of benzene rings is 1. The van der Waals surface area contributed by atoms with Gasteiger partial charge in [-0.15, -0.1) is 0 Å². The molecule has 0 aromatic heterocycles. The summed E-state index contributed by atoms with van der Waals surface area (Å²) in [4.78, 5) is 2.43. The highest BCUT2D eigenvalue weighted by Gasteiger charge is 2.19. The van der Waals surface area contributed by atoms with Crippen LogP contribution >= 0.6 is 0 Å². The highest BCUT2D eigenvalue weighted by Crippen LogP contribution is 2.22. The van der Waals surface area contributed by atoms with Crippen molar-refractivity contribution in [1.29, 1.82) is 0 Å². The maximum Gasteiger partial charge on any atom is 0.0750 e. The summed E-state index contributed by atoms with van der Waals surface area (Å²) in [6.45, 7) is 5.84. The van der Waals surface area contributed by atoms with Crippen LogP contribution in [0.2, 0.25) is 0 Å².